The molecule has 7 nitrogen and oxygen atoms in total. The molecule has 1 aromatic heterocycles. The van der Waals surface area contributed by atoms with Crippen LogP contribution in [0.25, 0.3) is 0 Å². The maximum absolute atomic E-state index is 12.0. The van der Waals surface area contributed by atoms with Gasteiger partial charge in [-0.15, -0.1) is 10.2 Å². The number of nitrogens with zero attached hydrogens (tertiary/aromatic N) is 2. The summed E-state index contributed by atoms with van der Waals surface area (Å²) in [6, 6.07) is 7.19. The Morgan fingerprint density at radius 3 is 2.46 bits per heavy atom. The van der Waals surface area contributed by atoms with Gasteiger partial charge < -0.3 is 15.4 Å². The summed E-state index contributed by atoms with van der Waals surface area (Å²) >= 11 is 1.33. The van der Waals surface area contributed by atoms with Crippen molar-refractivity contribution in [3.8, 4) is 5.75 Å². The lowest BCUT2D eigenvalue weighted by Crippen LogP contribution is -2.17. The van der Waals surface area contributed by atoms with E-state index in [1.165, 1.54) is 11.3 Å². The highest BCUT2D eigenvalue weighted by Crippen LogP contribution is 2.23. The number of hydrogen-bond acceptors (Lipinski definition) is 6. The number of anilines is 2. The van der Waals surface area contributed by atoms with E-state index in [1.807, 2.05) is 26.0 Å². The summed E-state index contributed by atoms with van der Waals surface area (Å²) < 4.78 is 5.45. The first kappa shape index (κ1) is 17.9. The Balaban J connectivity index is 1.81. The number of aromatic nitrogens is 2. The minimum absolute atomic E-state index is 0.0731. The molecular weight excluding hydrogens is 328 g/mol. The Bertz CT molecular complexity index is 702. The zero-order chi connectivity index (χ0) is 17.4. The van der Waals surface area contributed by atoms with Gasteiger partial charge in [-0.05, 0) is 25.5 Å². The van der Waals surface area contributed by atoms with Gasteiger partial charge in [-0.1, -0.05) is 30.4 Å². The molecule has 0 radical (unpaired) electrons. The predicted octanol–water partition coefficient (Wildman–Crippen LogP) is 2.86. The number of amides is 2. The number of rotatable bonds is 8. The number of carbonyl (C=O) groups is 2. The molecule has 24 heavy (non-hydrogen) atoms. The molecule has 0 saturated heterocycles. The van der Waals surface area contributed by atoms with Gasteiger partial charge in [0.1, 0.15) is 10.8 Å². The number of benzene rings is 1. The van der Waals surface area contributed by atoms with Crippen LogP contribution in [0.3, 0.4) is 0 Å². The number of aryl methyl sites for hydroxylation is 1. The largest absolute Gasteiger partial charge is 0.492 e. The third kappa shape index (κ3) is 5.31. The Morgan fingerprint density at radius 1 is 1.08 bits per heavy atom. The normalized spacial score (nSPS) is 10.2. The molecule has 2 amide bonds. The topological polar surface area (TPSA) is 93.2 Å². The van der Waals surface area contributed by atoms with Gasteiger partial charge in [0, 0.05) is 12.8 Å². The number of ether oxygens (including phenoxy) is 1. The molecular formula is C16H20N4O3S. The Hall–Kier alpha value is -2.48. The second-order valence-electron chi connectivity index (χ2n) is 4.88. The molecule has 2 N–H and O–H groups in total. The van der Waals surface area contributed by atoms with Crippen LogP contribution in [0.1, 0.15) is 31.7 Å². The summed E-state index contributed by atoms with van der Waals surface area (Å²) in [6.45, 7) is 4.35. The minimum Gasteiger partial charge on any atom is -0.492 e. The number of nitrogens with one attached hydrogen (secondary N) is 2. The van der Waals surface area contributed by atoms with Crippen LogP contribution in [-0.2, 0) is 16.0 Å². The third-order valence-electron chi connectivity index (χ3n) is 3.06. The van der Waals surface area contributed by atoms with Gasteiger partial charge >= 0.3 is 0 Å². The fourth-order valence-corrected chi connectivity index (χ4v) is 2.62. The van der Waals surface area contributed by atoms with Crippen LogP contribution in [0.15, 0.2) is 24.3 Å². The summed E-state index contributed by atoms with van der Waals surface area (Å²) in [6.07, 6.45) is 0.921. The fraction of sp³-hybridized carbons (Fsp3) is 0.375. The van der Waals surface area contributed by atoms with Gasteiger partial charge in [-0.3, -0.25) is 9.59 Å². The molecule has 2 aromatic rings. The Labute approximate surface area is 144 Å². The highest BCUT2D eigenvalue weighted by molar-refractivity contribution is 7.15. The average Bonchev–Trinajstić information content (AvgIpc) is 3.02. The van der Waals surface area contributed by atoms with Crippen LogP contribution in [-0.4, -0.2) is 28.6 Å². The zero-order valence-electron chi connectivity index (χ0n) is 13.7. The summed E-state index contributed by atoms with van der Waals surface area (Å²) in [5, 5.41) is 14.5. The quantitative estimate of drug-likeness (QED) is 0.765. The van der Waals surface area contributed by atoms with Gasteiger partial charge in [0.2, 0.25) is 16.9 Å². The number of para-hydroxylation sites is 2. The van der Waals surface area contributed by atoms with E-state index in [2.05, 4.69) is 20.8 Å². The summed E-state index contributed by atoms with van der Waals surface area (Å²) in [5.41, 5.74) is 0.599. The molecule has 0 saturated carbocycles. The van der Waals surface area contributed by atoms with Crippen molar-refractivity contribution >= 4 is 34.0 Å². The first-order valence-electron chi connectivity index (χ1n) is 7.76. The zero-order valence-corrected chi connectivity index (χ0v) is 14.5. The van der Waals surface area contributed by atoms with E-state index in [4.69, 9.17) is 4.74 Å². The van der Waals surface area contributed by atoms with Crippen molar-refractivity contribution in [1.82, 2.24) is 10.2 Å². The van der Waals surface area contributed by atoms with Crippen molar-refractivity contribution in [2.75, 3.05) is 17.2 Å². The van der Waals surface area contributed by atoms with E-state index in [0.717, 1.165) is 11.4 Å². The molecule has 1 heterocycles. The molecule has 0 aliphatic heterocycles. The van der Waals surface area contributed by atoms with Crippen LogP contribution < -0.4 is 15.4 Å². The summed E-state index contributed by atoms with van der Waals surface area (Å²) in [7, 11) is 0. The van der Waals surface area contributed by atoms with Crippen molar-refractivity contribution in [3.63, 3.8) is 0 Å². The van der Waals surface area contributed by atoms with E-state index in [1.54, 1.807) is 12.1 Å². The molecule has 0 aliphatic rings. The molecule has 0 fully saturated rings. The van der Waals surface area contributed by atoms with Crippen molar-refractivity contribution in [1.29, 1.82) is 0 Å². The lowest BCUT2D eigenvalue weighted by atomic mass is 10.2. The third-order valence-corrected chi connectivity index (χ3v) is 4.04. The summed E-state index contributed by atoms with van der Waals surface area (Å²) in [5.74, 6) is 0.101. The smallest absolute Gasteiger partial charge is 0.226 e. The van der Waals surface area contributed by atoms with Crippen LogP contribution in [0.5, 0.6) is 5.75 Å². The predicted molar refractivity (Wildman–Crippen MR) is 93.4 cm³/mol. The van der Waals surface area contributed by atoms with E-state index in [-0.39, 0.29) is 24.7 Å². The fourth-order valence-electron chi connectivity index (χ4n) is 1.92. The molecule has 2 rings (SSSR count). The molecule has 0 atom stereocenters. The van der Waals surface area contributed by atoms with Crippen molar-refractivity contribution in [3.05, 3.63) is 29.3 Å². The number of carbonyl (C=O) groups excluding carboxylic acids is 2. The monoisotopic (exact) mass is 348 g/mol. The molecule has 0 spiro atoms. The maximum Gasteiger partial charge on any atom is 0.226 e. The SMILES string of the molecule is CCOc1ccccc1NC(=O)CCC(=O)Nc1nnc(CC)s1. The maximum atomic E-state index is 12.0. The van der Waals surface area contributed by atoms with E-state index < -0.39 is 0 Å². The Morgan fingerprint density at radius 2 is 1.79 bits per heavy atom. The first-order valence-corrected chi connectivity index (χ1v) is 8.58. The van der Waals surface area contributed by atoms with Gasteiger partial charge in [0.05, 0.1) is 12.3 Å². The van der Waals surface area contributed by atoms with Crippen molar-refractivity contribution in [2.45, 2.75) is 33.1 Å². The lowest BCUT2D eigenvalue weighted by Gasteiger charge is -2.11. The average molecular weight is 348 g/mol. The van der Waals surface area contributed by atoms with Crippen molar-refractivity contribution < 1.29 is 14.3 Å². The van der Waals surface area contributed by atoms with Crippen LogP contribution in [0.2, 0.25) is 0 Å². The first-order chi connectivity index (χ1) is 11.6. The standard InChI is InChI=1S/C16H20N4O3S/c1-3-15-19-20-16(24-15)18-14(22)10-9-13(21)17-11-7-5-6-8-12(11)23-4-2/h5-8H,3-4,9-10H2,1-2H3,(H,17,21)(H,18,20,22). The van der Waals surface area contributed by atoms with Gasteiger partial charge in [0.15, 0.2) is 0 Å². The molecule has 0 bridgehead atoms. The highest BCUT2D eigenvalue weighted by Gasteiger charge is 2.11. The van der Waals surface area contributed by atoms with Crippen LogP contribution in [0, 0.1) is 0 Å². The van der Waals surface area contributed by atoms with E-state index in [0.29, 0.717) is 23.2 Å². The lowest BCUT2D eigenvalue weighted by molar-refractivity contribution is -0.121. The highest BCUT2D eigenvalue weighted by atomic mass is 32.1. The molecule has 8 heteroatoms. The second-order valence-corrected chi connectivity index (χ2v) is 5.94. The van der Waals surface area contributed by atoms with Crippen LogP contribution in [0.4, 0.5) is 10.8 Å². The number of hydrogen-bond donors (Lipinski definition) is 2. The van der Waals surface area contributed by atoms with Crippen LogP contribution >= 0.6 is 11.3 Å². The van der Waals surface area contributed by atoms with Gasteiger partial charge in [0.25, 0.3) is 0 Å². The second kappa shape index (κ2) is 8.97. The van der Waals surface area contributed by atoms with E-state index in [9.17, 15) is 9.59 Å². The van der Waals surface area contributed by atoms with E-state index >= 15 is 0 Å². The molecule has 1 aromatic carbocycles. The molecule has 128 valence electrons. The minimum atomic E-state index is -0.262. The van der Waals surface area contributed by atoms with Crippen molar-refractivity contribution in [2.24, 2.45) is 0 Å². The molecule has 0 aliphatic carbocycles. The Kier molecular flexibility index (Phi) is 6.68. The van der Waals surface area contributed by atoms with Gasteiger partial charge in [-0.2, -0.15) is 0 Å². The van der Waals surface area contributed by atoms with Gasteiger partial charge in [-0.25, -0.2) is 0 Å². The molecule has 0 unspecified atom stereocenters. The summed E-state index contributed by atoms with van der Waals surface area (Å²) in [4.78, 5) is 23.9.